The van der Waals surface area contributed by atoms with E-state index in [1.54, 1.807) is 16.8 Å². The van der Waals surface area contributed by atoms with Crippen LogP contribution in [0.4, 0.5) is 4.79 Å². The number of piperazine rings is 1. The summed E-state index contributed by atoms with van der Waals surface area (Å²) in [6, 6.07) is 14.7. The van der Waals surface area contributed by atoms with Crippen molar-refractivity contribution in [1.82, 2.24) is 15.1 Å². The SMILES string of the molecule is CCC(C)[C@H](NC(=O)OCC1c2ccccc2-c2ccccc21)C(=O)N1CCN(C)C(C(=O)O)C1. The van der Waals surface area contributed by atoms with E-state index in [1.165, 1.54) is 0 Å². The van der Waals surface area contributed by atoms with Gasteiger partial charge in [-0.15, -0.1) is 0 Å². The fourth-order valence-electron chi connectivity index (χ4n) is 4.99. The van der Waals surface area contributed by atoms with Crippen LogP contribution in [0.25, 0.3) is 11.1 Å². The molecule has 3 atom stereocenters. The van der Waals surface area contributed by atoms with E-state index < -0.39 is 24.1 Å². The van der Waals surface area contributed by atoms with Gasteiger partial charge in [0.05, 0.1) is 0 Å². The van der Waals surface area contributed by atoms with Gasteiger partial charge in [0.1, 0.15) is 18.7 Å². The van der Waals surface area contributed by atoms with Crippen LogP contribution in [0.15, 0.2) is 48.5 Å². The van der Waals surface area contributed by atoms with E-state index in [-0.39, 0.29) is 30.9 Å². The highest BCUT2D eigenvalue weighted by atomic mass is 16.5. The fourth-order valence-corrected chi connectivity index (χ4v) is 4.99. The largest absolute Gasteiger partial charge is 0.480 e. The Morgan fingerprint density at radius 3 is 2.23 bits per heavy atom. The molecule has 0 bridgehead atoms. The molecule has 0 aromatic heterocycles. The average Bonchev–Trinajstić information content (AvgIpc) is 3.19. The standard InChI is InChI=1S/C27H33N3O5/c1-4-17(2)24(25(31)30-14-13-29(3)23(15-30)26(32)33)28-27(34)35-16-22-20-11-7-5-9-18(20)19-10-6-8-12-21(19)22/h5-12,17,22-24H,4,13-16H2,1-3H3,(H,28,34)(H,32,33)/t17?,23?,24-/m0/s1. The highest BCUT2D eigenvalue weighted by Gasteiger charge is 2.37. The van der Waals surface area contributed by atoms with Crippen LogP contribution >= 0.6 is 0 Å². The predicted molar refractivity (Wildman–Crippen MR) is 132 cm³/mol. The third-order valence-electron chi connectivity index (χ3n) is 7.34. The van der Waals surface area contributed by atoms with Crippen molar-refractivity contribution in [2.45, 2.75) is 38.3 Å². The van der Waals surface area contributed by atoms with Crippen molar-refractivity contribution < 1.29 is 24.2 Å². The molecule has 1 heterocycles. The van der Waals surface area contributed by atoms with Crippen molar-refractivity contribution in [3.05, 3.63) is 59.7 Å². The lowest BCUT2D eigenvalue weighted by Gasteiger charge is -2.39. The molecular formula is C27H33N3O5. The monoisotopic (exact) mass is 479 g/mol. The van der Waals surface area contributed by atoms with Crippen molar-refractivity contribution in [2.24, 2.45) is 5.92 Å². The van der Waals surface area contributed by atoms with Crippen molar-refractivity contribution >= 4 is 18.0 Å². The highest BCUT2D eigenvalue weighted by Crippen LogP contribution is 2.44. The van der Waals surface area contributed by atoms with Crippen LogP contribution in [0.3, 0.4) is 0 Å². The van der Waals surface area contributed by atoms with E-state index in [4.69, 9.17) is 4.74 Å². The zero-order valence-electron chi connectivity index (χ0n) is 20.4. The molecule has 35 heavy (non-hydrogen) atoms. The van der Waals surface area contributed by atoms with E-state index in [1.807, 2.05) is 38.1 Å². The zero-order chi connectivity index (χ0) is 25.1. The summed E-state index contributed by atoms with van der Waals surface area (Å²) >= 11 is 0. The number of carbonyl (C=O) groups excluding carboxylic acids is 2. The molecule has 8 heteroatoms. The molecule has 2 amide bonds. The maximum absolute atomic E-state index is 13.3. The molecule has 1 fully saturated rings. The smallest absolute Gasteiger partial charge is 0.407 e. The van der Waals surface area contributed by atoms with E-state index in [0.717, 1.165) is 22.3 Å². The van der Waals surface area contributed by atoms with Crippen LogP contribution in [-0.4, -0.2) is 78.2 Å². The van der Waals surface area contributed by atoms with Crippen molar-refractivity contribution in [2.75, 3.05) is 33.3 Å². The summed E-state index contributed by atoms with van der Waals surface area (Å²) in [6.45, 7) is 4.98. The van der Waals surface area contributed by atoms with E-state index in [9.17, 15) is 19.5 Å². The van der Waals surface area contributed by atoms with Gasteiger partial charge in [-0.25, -0.2) is 4.79 Å². The number of fused-ring (bicyclic) bond motifs is 3. The molecule has 0 radical (unpaired) electrons. The number of hydrogen-bond acceptors (Lipinski definition) is 5. The Labute approximate surface area is 205 Å². The summed E-state index contributed by atoms with van der Waals surface area (Å²) in [5.74, 6) is -1.44. The minimum atomic E-state index is -0.963. The summed E-state index contributed by atoms with van der Waals surface area (Å²) in [4.78, 5) is 41.1. The van der Waals surface area contributed by atoms with Crippen molar-refractivity contribution in [3.8, 4) is 11.1 Å². The van der Waals surface area contributed by atoms with E-state index in [2.05, 4.69) is 29.6 Å². The number of hydrogen-bond donors (Lipinski definition) is 2. The second-order valence-corrected chi connectivity index (χ2v) is 9.45. The predicted octanol–water partition coefficient (Wildman–Crippen LogP) is 3.17. The Morgan fingerprint density at radius 1 is 1.06 bits per heavy atom. The summed E-state index contributed by atoms with van der Waals surface area (Å²) in [5, 5.41) is 12.3. The van der Waals surface area contributed by atoms with Crippen LogP contribution < -0.4 is 5.32 Å². The third-order valence-corrected chi connectivity index (χ3v) is 7.34. The number of carbonyl (C=O) groups is 3. The zero-order valence-corrected chi connectivity index (χ0v) is 20.4. The van der Waals surface area contributed by atoms with E-state index >= 15 is 0 Å². The maximum atomic E-state index is 13.3. The molecule has 2 aliphatic rings. The molecule has 0 spiro atoms. The normalized spacial score (nSPS) is 19.4. The van der Waals surface area contributed by atoms with Crippen LogP contribution in [-0.2, 0) is 14.3 Å². The number of likely N-dealkylation sites (N-methyl/N-ethyl adjacent to an activating group) is 1. The molecule has 186 valence electrons. The molecule has 2 unspecified atom stereocenters. The van der Waals surface area contributed by atoms with Gasteiger partial charge in [0, 0.05) is 25.6 Å². The molecular weight excluding hydrogens is 446 g/mol. The summed E-state index contributed by atoms with van der Waals surface area (Å²) in [7, 11) is 1.74. The molecule has 8 nitrogen and oxygen atoms in total. The van der Waals surface area contributed by atoms with Gasteiger partial charge in [-0.2, -0.15) is 0 Å². The lowest BCUT2D eigenvalue weighted by Crippen LogP contribution is -2.60. The first-order valence-corrected chi connectivity index (χ1v) is 12.1. The minimum Gasteiger partial charge on any atom is -0.480 e. The van der Waals surface area contributed by atoms with Gasteiger partial charge < -0.3 is 20.1 Å². The van der Waals surface area contributed by atoms with Crippen LogP contribution in [0.2, 0.25) is 0 Å². The average molecular weight is 480 g/mol. The Hall–Kier alpha value is -3.39. The number of carboxylic acids is 1. The number of amides is 2. The van der Waals surface area contributed by atoms with Gasteiger partial charge >= 0.3 is 12.1 Å². The van der Waals surface area contributed by atoms with Crippen molar-refractivity contribution in [3.63, 3.8) is 0 Å². The first kappa shape index (κ1) is 24.7. The number of rotatable bonds is 7. The molecule has 1 aliphatic carbocycles. The Bertz CT molecular complexity index is 1060. The quantitative estimate of drug-likeness (QED) is 0.633. The van der Waals surface area contributed by atoms with Gasteiger partial charge in [0.2, 0.25) is 5.91 Å². The lowest BCUT2D eigenvalue weighted by molar-refractivity contribution is -0.148. The topological polar surface area (TPSA) is 99.2 Å². The van der Waals surface area contributed by atoms with Gasteiger partial charge in [-0.05, 0) is 35.2 Å². The first-order chi connectivity index (χ1) is 16.8. The molecule has 1 saturated heterocycles. The van der Waals surface area contributed by atoms with Crippen LogP contribution in [0.1, 0.15) is 37.3 Å². The van der Waals surface area contributed by atoms with Crippen LogP contribution in [0, 0.1) is 5.92 Å². The highest BCUT2D eigenvalue weighted by molar-refractivity contribution is 5.87. The lowest BCUT2D eigenvalue weighted by atomic mass is 9.97. The minimum absolute atomic E-state index is 0.0696. The first-order valence-electron chi connectivity index (χ1n) is 12.1. The second-order valence-electron chi connectivity index (χ2n) is 9.45. The van der Waals surface area contributed by atoms with Crippen LogP contribution in [0.5, 0.6) is 0 Å². The van der Waals surface area contributed by atoms with Gasteiger partial charge in [-0.3, -0.25) is 14.5 Å². The number of benzene rings is 2. The number of ether oxygens (including phenoxy) is 1. The number of carboxylic acid groups (broad SMARTS) is 1. The van der Waals surface area contributed by atoms with E-state index in [0.29, 0.717) is 19.5 Å². The molecule has 2 N–H and O–H groups in total. The Morgan fingerprint density at radius 2 is 1.66 bits per heavy atom. The summed E-state index contributed by atoms with van der Waals surface area (Å²) < 4.78 is 5.66. The molecule has 2 aromatic carbocycles. The second kappa shape index (κ2) is 10.5. The van der Waals surface area contributed by atoms with Crippen molar-refractivity contribution in [1.29, 1.82) is 0 Å². The molecule has 2 aromatic rings. The number of nitrogens with zero attached hydrogens (tertiary/aromatic N) is 2. The molecule has 0 saturated carbocycles. The Kier molecular flexibility index (Phi) is 7.40. The molecule has 1 aliphatic heterocycles. The van der Waals surface area contributed by atoms with Gasteiger partial charge in [0.25, 0.3) is 0 Å². The maximum Gasteiger partial charge on any atom is 0.407 e. The third kappa shape index (κ3) is 5.03. The van der Waals surface area contributed by atoms with Gasteiger partial charge in [-0.1, -0.05) is 68.8 Å². The number of nitrogens with one attached hydrogen (secondary N) is 1. The fraction of sp³-hybridized carbons (Fsp3) is 0.444. The van der Waals surface area contributed by atoms with Gasteiger partial charge in [0.15, 0.2) is 0 Å². The molecule has 4 rings (SSSR count). The number of aliphatic carboxylic acids is 1. The Balaban J connectivity index is 1.43. The summed E-state index contributed by atoms with van der Waals surface area (Å²) in [6.07, 6.45) is 0.0327. The number of alkyl carbamates (subject to hydrolysis) is 1. The summed E-state index contributed by atoms with van der Waals surface area (Å²) in [5.41, 5.74) is 4.53.